The van der Waals surface area contributed by atoms with Gasteiger partial charge >= 0.3 is 0 Å². The molecule has 0 aliphatic carbocycles. The Labute approximate surface area is 152 Å². The number of hydrogen-bond acceptors (Lipinski definition) is 0. The molecular formula is C23H19N3. The molecule has 126 valence electrons. The van der Waals surface area contributed by atoms with Crippen LogP contribution in [0.25, 0.3) is 27.8 Å². The molecule has 0 saturated heterocycles. The summed E-state index contributed by atoms with van der Waals surface area (Å²) in [5.74, 6) is 1.01. The molecule has 0 radical (unpaired) electrons. The van der Waals surface area contributed by atoms with Crippen LogP contribution in [0.2, 0.25) is 0 Å². The molecule has 3 aromatic carbocycles. The molecule has 0 spiro atoms. The molecule has 5 rings (SSSR count). The fraction of sp³-hybridized carbons (Fsp3) is 0.0870. The van der Waals surface area contributed by atoms with Crippen LogP contribution >= 0.6 is 0 Å². The molecular weight excluding hydrogens is 318 g/mol. The van der Waals surface area contributed by atoms with Crippen molar-refractivity contribution in [2.75, 3.05) is 0 Å². The Morgan fingerprint density at radius 3 is 2.42 bits per heavy atom. The van der Waals surface area contributed by atoms with E-state index in [2.05, 4.69) is 95.2 Å². The first-order chi connectivity index (χ1) is 12.8. The van der Waals surface area contributed by atoms with Crippen LogP contribution in [0, 0.1) is 6.92 Å². The van der Waals surface area contributed by atoms with Crippen molar-refractivity contribution >= 4 is 21.9 Å². The summed E-state index contributed by atoms with van der Waals surface area (Å²) in [6.07, 6.45) is 2.17. The smallest absolute Gasteiger partial charge is 0.127 e. The number of rotatable bonds is 3. The summed E-state index contributed by atoms with van der Waals surface area (Å²) >= 11 is 0. The van der Waals surface area contributed by atoms with Gasteiger partial charge in [0.05, 0.1) is 6.33 Å². The van der Waals surface area contributed by atoms with Crippen molar-refractivity contribution in [3.05, 3.63) is 96.3 Å². The molecule has 3 heteroatoms. The van der Waals surface area contributed by atoms with E-state index in [9.17, 15) is 0 Å². The number of aromatic nitrogens is 3. The van der Waals surface area contributed by atoms with Gasteiger partial charge in [-0.3, -0.25) is 4.57 Å². The van der Waals surface area contributed by atoms with Crippen LogP contribution < -0.4 is 9.55 Å². The number of nitrogens with zero attached hydrogens (tertiary/aromatic N) is 3. The van der Waals surface area contributed by atoms with Gasteiger partial charge in [0, 0.05) is 5.52 Å². The minimum atomic E-state index is 0.841. The highest BCUT2D eigenvalue weighted by Gasteiger charge is 2.10. The maximum absolute atomic E-state index is 4.90. The lowest BCUT2D eigenvalue weighted by atomic mass is 10.2. The van der Waals surface area contributed by atoms with Crippen LogP contribution in [0.15, 0.2) is 85.2 Å². The van der Waals surface area contributed by atoms with Crippen molar-refractivity contribution in [2.45, 2.75) is 13.5 Å². The second-order valence-electron chi connectivity index (χ2n) is 6.67. The molecule has 26 heavy (non-hydrogen) atoms. The second kappa shape index (κ2) is 5.88. The van der Waals surface area contributed by atoms with Gasteiger partial charge in [-0.2, -0.15) is 0 Å². The van der Waals surface area contributed by atoms with Gasteiger partial charge in [0.1, 0.15) is 12.1 Å². The van der Waals surface area contributed by atoms with Crippen molar-refractivity contribution in [1.82, 2.24) is 9.55 Å². The quantitative estimate of drug-likeness (QED) is 0.448. The third-order valence-corrected chi connectivity index (χ3v) is 5.00. The second-order valence-corrected chi connectivity index (χ2v) is 6.67. The van der Waals surface area contributed by atoms with E-state index >= 15 is 0 Å². The number of fused-ring (bicyclic) bond motifs is 2. The van der Waals surface area contributed by atoms with Crippen LogP contribution in [0.4, 0.5) is 0 Å². The summed E-state index contributed by atoms with van der Waals surface area (Å²) in [7, 11) is 0. The van der Waals surface area contributed by atoms with Crippen molar-refractivity contribution in [2.24, 2.45) is 0 Å². The van der Waals surface area contributed by atoms with E-state index in [0.717, 1.165) is 17.9 Å². The first-order valence-corrected chi connectivity index (χ1v) is 8.87. The Kier molecular flexibility index (Phi) is 3.39. The highest BCUT2D eigenvalue weighted by molar-refractivity contribution is 5.87. The Morgan fingerprint density at radius 1 is 0.846 bits per heavy atom. The average molecular weight is 337 g/mol. The topological polar surface area (TPSA) is 22.9 Å². The summed E-state index contributed by atoms with van der Waals surface area (Å²) in [6.45, 7) is 2.99. The SMILES string of the molecule is Cc1c(-n2c[n+](Cc3ccccc3)c3ccccc32)[n-]c2ccccc12. The van der Waals surface area contributed by atoms with Crippen LogP contribution in [0.3, 0.4) is 0 Å². The summed E-state index contributed by atoms with van der Waals surface area (Å²) in [5, 5.41) is 1.22. The van der Waals surface area contributed by atoms with Crippen LogP contribution in [-0.4, -0.2) is 4.57 Å². The Bertz CT molecular complexity index is 1210. The summed E-state index contributed by atoms with van der Waals surface area (Å²) in [5.41, 5.74) is 5.94. The number of hydrogen-bond donors (Lipinski definition) is 0. The van der Waals surface area contributed by atoms with Gasteiger partial charge in [0.25, 0.3) is 0 Å². The first-order valence-electron chi connectivity index (χ1n) is 8.87. The summed E-state index contributed by atoms with van der Waals surface area (Å²) in [6, 6.07) is 27.4. The molecule has 0 fully saturated rings. The Morgan fingerprint density at radius 2 is 1.58 bits per heavy atom. The maximum Gasteiger partial charge on any atom is 0.127 e. The fourth-order valence-corrected chi connectivity index (χ4v) is 3.69. The van der Waals surface area contributed by atoms with Gasteiger partial charge in [0.2, 0.25) is 0 Å². The zero-order valence-electron chi connectivity index (χ0n) is 14.6. The zero-order chi connectivity index (χ0) is 17.5. The molecule has 5 aromatic rings. The monoisotopic (exact) mass is 337 g/mol. The molecule has 2 aromatic heterocycles. The highest BCUT2D eigenvalue weighted by Crippen LogP contribution is 2.25. The van der Waals surface area contributed by atoms with Crippen molar-refractivity contribution in [3.8, 4) is 5.82 Å². The van der Waals surface area contributed by atoms with E-state index < -0.39 is 0 Å². The van der Waals surface area contributed by atoms with Gasteiger partial charge in [-0.15, -0.1) is 0 Å². The van der Waals surface area contributed by atoms with E-state index in [4.69, 9.17) is 4.98 Å². The molecule has 2 heterocycles. The van der Waals surface area contributed by atoms with E-state index in [1.54, 1.807) is 0 Å². The van der Waals surface area contributed by atoms with Crippen LogP contribution in [-0.2, 0) is 6.54 Å². The highest BCUT2D eigenvalue weighted by atomic mass is 15.2. The fourth-order valence-electron chi connectivity index (χ4n) is 3.69. The lowest BCUT2D eigenvalue weighted by Crippen LogP contribution is -2.32. The molecule has 0 atom stereocenters. The third-order valence-electron chi connectivity index (χ3n) is 5.00. The first kappa shape index (κ1) is 15.0. The summed E-state index contributed by atoms with van der Waals surface area (Å²) < 4.78 is 4.51. The number of aryl methyl sites for hydroxylation is 1. The molecule has 0 saturated carbocycles. The lowest BCUT2D eigenvalue weighted by molar-refractivity contribution is -0.662. The van der Waals surface area contributed by atoms with E-state index in [0.29, 0.717) is 0 Å². The molecule has 0 aliphatic heterocycles. The molecule has 0 amide bonds. The lowest BCUT2D eigenvalue weighted by Gasteiger charge is -2.11. The van der Waals surface area contributed by atoms with Gasteiger partial charge in [-0.05, 0) is 40.8 Å². The molecule has 0 unspecified atom stereocenters. The van der Waals surface area contributed by atoms with Crippen LogP contribution in [0.5, 0.6) is 0 Å². The largest absolute Gasteiger partial charge is 0.435 e. The molecule has 3 nitrogen and oxygen atoms in total. The number of para-hydroxylation sites is 3. The standard InChI is InChI=1S/C23H19N3/c1-17-19-11-5-6-12-20(19)24-23(17)26-16-25(15-18-9-3-2-4-10-18)21-13-7-8-14-22(21)26/h2-14,16H,15H2,1H3. The van der Waals surface area contributed by atoms with Gasteiger partial charge < -0.3 is 9.55 Å². The van der Waals surface area contributed by atoms with Gasteiger partial charge in [0.15, 0.2) is 0 Å². The Hall–Kier alpha value is -3.33. The number of benzene rings is 3. The number of imidazole rings is 1. The van der Waals surface area contributed by atoms with E-state index in [-0.39, 0.29) is 0 Å². The Balaban J connectivity index is 1.72. The minimum absolute atomic E-state index is 0.841. The van der Waals surface area contributed by atoms with Crippen molar-refractivity contribution < 1.29 is 4.57 Å². The van der Waals surface area contributed by atoms with E-state index in [1.165, 1.54) is 27.5 Å². The van der Waals surface area contributed by atoms with Crippen molar-refractivity contribution in [1.29, 1.82) is 0 Å². The normalized spacial score (nSPS) is 11.4. The minimum Gasteiger partial charge on any atom is -0.435 e. The predicted molar refractivity (Wildman–Crippen MR) is 105 cm³/mol. The molecule has 0 bridgehead atoms. The van der Waals surface area contributed by atoms with Crippen LogP contribution in [0.1, 0.15) is 11.1 Å². The van der Waals surface area contributed by atoms with E-state index in [1.807, 2.05) is 6.07 Å². The molecule has 0 N–H and O–H groups in total. The predicted octanol–water partition coefficient (Wildman–Crippen LogP) is 4.39. The zero-order valence-corrected chi connectivity index (χ0v) is 14.6. The van der Waals surface area contributed by atoms with Gasteiger partial charge in [-0.1, -0.05) is 72.8 Å². The van der Waals surface area contributed by atoms with Crippen molar-refractivity contribution in [3.63, 3.8) is 0 Å². The summed E-state index contributed by atoms with van der Waals surface area (Å²) in [4.78, 5) is 4.90. The molecule has 0 aliphatic rings. The third kappa shape index (κ3) is 2.32. The maximum atomic E-state index is 4.90. The average Bonchev–Trinajstić information content (AvgIpc) is 3.21. The van der Waals surface area contributed by atoms with Gasteiger partial charge in [-0.25, -0.2) is 0 Å².